The summed E-state index contributed by atoms with van der Waals surface area (Å²) < 4.78 is 7.72. The predicted molar refractivity (Wildman–Crippen MR) is 14.4 cm³/mol. The van der Waals surface area contributed by atoms with Crippen molar-refractivity contribution < 1.29 is 34.2 Å². The van der Waals surface area contributed by atoms with E-state index in [9.17, 15) is 0 Å². The molecule has 0 aliphatic heterocycles. The molecule has 0 saturated heterocycles. The van der Waals surface area contributed by atoms with Gasteiger partial charge in [0.25, 0.3) is 0 Å². The van der Waals surface area contributed by atoms with Crippen LogP contribution >= 0.6 is 11.9 Å². The van der Waals surface area contributed by atoms with Gasteiger partial charge in [0.15, 0.2) is 0 Å². The van der Waals surface area contributed by atoms with Crippen LogP contribution in [-0.4, -0.2) is 23.1 Å². The van der Waals surface area contributed by atoms with E-state index in [1.54, 1.807) is 0 Å². The van der Waals surface area contributed by atoms with Gasteiger partial charge in [-0.05, 0) is 0 Å². The second-order valence-corrected chi connectivity index (χ2v) is 0. The van der Waals surface area contributed by atoms with E-state index >= 15 is 0 Å². The molecule has 0 aromatic carbocycles. The molecular formula is H2ClMgNaO. The van der Waals surface area contributed by atoms with Crippen molar-refractivity contribution in [1.29, 1.82) is 0 Å². The zero-order valence-electron chi connectivity index (χ0n) is 1.79. The third kappa shape index (κ3) is 8.99. The standard InChI is InChI=1S/ClO.Mg.Na.2H/c1-2;;;;/q-1;;+1;;. The quantitative estimate of drug-likeness (QED) is 0.282. The molecule has 0 spiro atoms. The summed E-state index contributed by atoms with van der Waals surface area (Å²) >= 11 is 3.39. The maximum Gasteiger partial charge on any atom is 1.00 e. The summed E-state index contributed by atoms with van der Waals surface area (Å²) in [5.74, 6) is 0. The third-order valence-electron chi connectivity index (χ3n) is 0. The van der Waals surface area contributed by atoms with Gasteiger partial charge in [0, 0.05) is 0 Å². The molecule has 18 valence electrons. The monoisotopic (exact) mass is 100.0 g/mol. The topological polar surface area (TPSA) is 23.1 Å². The molecule has 0 aliphatic carbocycles. The largest absolute Gasteiger partial charge is 1.00 e. The van der Waals surface area contributed by atoms with Gasteiger partial charge in [-0.25, -0.2) is 11.9 Å². The molecule has 0 radical (unpaired) electrons. The Morgan fingerprint density at radius 2 is 1.25 bits per heavy atom. The molecule has 0 aliphatic rings. The van der Waals surface area contributed by atoms with Crippen molar-refractivity contribution in [2.45, 2.75) is 0 Å². The molecule has 0 fully saturated rings. The zero-order valence-corrected chi connectivity index (χ0v) is 4.54. The minimum Gasteiger partial charge on any atom is -0.769 e. The van der Waals surface area contributed by atoms with Gasteiger partial charge >= 0.3 is 52.6 Å². The van der Waals surface area contributed by atoms with Crippen LogP contribution in [0.15, 0.2) is 0 Å². The maximum atomic E-state index is 7.72. The average molecular weight is 101 g/mol. The molecule has 0 unspecified atom stereocenters. The number of rotatable bonds is 0. The Morgan fingerprint density at radius 1 is 1.25 bits per heavy atom. The molecule has 0 saturated carbocycles. The number of hydrogen-bond acceptors (Lipinski definition) is 1. The van der Waals surface area contributed by atoms with E-state index in [0.29, 0.717) is 0 Å². The Balaban J connectivity index is -0.00000000500. The smallest absolute Gasteiger partial charge is 0.769 e. The van der Waals surface area contributed by atoms with E-state index in [-0.39, 0.29) is 52.6 Å². The van der Waals surface area contributed by atoms with E-state index in [1.807, 2.05) is 0 Å². The van der Waals surface area contributed by atoms with Gasteiger partial charge in [0.05, 0.1) is 0 Å². The summed E-state index contributed by atoms with van der Waals surface area (Å²) in [6.07, 6.45) is 0. The molecule has 0 bridgehead atoms. The van der Waals surface area contributed by atoms with Crippen LogP contribution in [0.3, 0.4) is 0 Å². The molecule has 0 aromatic rings. The molecule has 0 atom stereocenters. The first-order chi connectivity index (χ1) is 1.00. The van der Waals surface area contributed by atoms with Crippen LogP contribution in [0, 0.1) is 0 Å². The van der Waals surface area contributed by atoms with Crippen LogP contribution in [0.1, 0.15) is 0 Å². The molecule has 0 rings (SSSR count). The summed E-state index contributed by atoms with van der Waals surface area (Å²) in [4.78, 5) is 0. The van der Waals surface area contributed by atoms with E-state index in [4.69, 9.17) is 4.66 Å². The van der Waals surface area contributed by atoms with Crippen LogP contribution in [0.5, 0.6) is 0 Å². The summed E-state index contributed by atoms with van der Waals surface area (Å²) in [7, 11) is 0. The van der Waals surface area contributed by atoms with E-state index in [1.165, 1.54) is 0 Å². The fourth-order valence-corrected chi connectivity index (χ4v) is 0. The minimum absolute atomic E-state index is 0. The molecule has 1 nitrogen and oxygen atoms in total. The van der Waals surface area contributed by atoms with Gasteiger partial charge in [-0.2, -0.15) is 0 Å². The maximum absolute atomic E-state index is 7.72. The fraction of sp³-hybridized carbons (Fsp3) is 0. The number of halogens is 1. The summed E-state index contributed by atoms with van der Waals surface area (Å²) in [6.45, 7) is 0. The second-order valence-electron chi connectivity index (χ2n) is 0. The van der Waals surface area contributed by atoms with Crippen molar-refractivity contribution in [3.8, 4) is 0 Å². The summed E-state index contributed by atoms with van der Waals surface area (Å²) in [5.41, 5.74) is 0. The van der Waals surface area contributed by atoms with Gasteiger partial charge in [0.2, 0.25) is 0 Å². The second kappa shape index (κ2) is 19.9. The van der Waals surface area contributed by atoms with E-state index in [0.717, 1.165) is 0 Å². The van der Waals surface area contributed by atoms with Crippen LogP contribution < -0.4 is 34.2 Å². The Labute approximate surface area is 68.3 Å². The van der Waals surface area contributed by atoms with Crippen molar-refractivity contribution >= 4 is 34.9 Å². The van der Waals surface area contributed by atoms with Crippen LogP contribution in [0.4, 0.5) is 0 Å². The predicted octanol–water partition coefficient (Wildman–Crippen LogP) is -4.41. The molecule has 0 N–H and O–H groups in total. The van der Waals surface area contributed by atoms with Gasteiger partial charge in [-0.3, -0.25) is 0 Å². The van der Waals surface area contributed by atoms with Crippen molar-refractivity contribution in [2.24, 2.45) is 0 Å². The van der Waals surface area contributed by atoms with Crippen molar-refractivity contribution in [1.82, 2.24) is 0 Å². The molecule has 4 heteroatoms. The SMILES string of the molecule is [MgH2].[Na+].[O-]Cl. The minimum atomic E-state index is 0. The molecule has 0 amide bonds. The molecule has 0 heterocycles. The van der Waals surface area contributed by atoms with Crippen LogP contribution in [0.2, 0.25) is 0 Å². The first kappa shape index (κ1) is 16.6. The van der Waals surface area contributed by atoms with Gasteiger partial charge in [0.1, 0.15) is 0 Å². The van der Waals surface area contributed by atoms with Crippen molar-refractivity contribution in [3.05, 3.63) is 0 Å². The molecular weight excluding hydrogens is 98.7 g/mol. The Kier molecular flexibility index (Phi) is 82.8. The van der Waals surface area contributed by atoms with Crippen LogP contribution in [0.25, 0.3) is 0 Å². The summed E-state index contributed by atoms with van der Waals surface area (Å²) in [5, 5.41) is 0. The van der Waals surface area contributed by atoms with Crippen LogP contribution in [-0.2, 0) is 0 Å². The van der Waals surface area contributed by atoms with Crippen molar-refractivity contribution in [2.75, 3.05) is 0 Å². The Bertz CT molecular complexity index is 8.00. The summed E-state index contributed by atoms with van der Waals surface area (Å²) in [6, 6.07) is 0. The van der Waals surface area contributed by atoms with Gasteiger partial charge in [-0.1, -0.05) is 0 Å². The first-order valence-corrected chi connectivity index (χ1v) is 0.463. The molecule has 4 heavy (non-hydrogen) atoms. The van der Waals surface area contributed by atoms with Crippen molar-refractivity contribution in [3.63, 3.8) is 0 Å². The Hall–Kier alpha value is 2.02. The first-order valence-electron chi connectivity index (χ1n) is 0.154. The third-order valence-corrected chi connectivity index (χ3v) is 0. The normalized spacial score (nSPS) is 1.50. The average Bonchev–Trinajstić information content (AvgIpc) is 1.00. The van der Waals surface area contributed by atoms with Gasteiger partial charge in [-0.15, -0.1) is 0 Å². The zero-order chi connectivity index (χ0) is 2.00. The Morgan fingerprint density at radius 3 is 1.25 bits per heavy atom. The fourth-order valence-electron chi connectivity index (χ4n) is 0. The van der Waals surface area contributed by atoms with E-state index < -0.39 is 0 Å². The molecule has 0 aromatic heterocycles. The van der Waals surface area contributed by atoms with Gasteiger partial charge < -0.3 is 4.66 Å². The van der Waals surface area contributed by atoms with E-state index in [2.05, 4.69) is 11.9 Å². The number of hydrogen-bond donors (Lipinski definition) is 0.